The monoisotopic (exact) mass is 359 g/mol. The van der Waals surface area contributed by atoms with E-state index in [0.29, 0.717) is 18.0 Å². The molecule has 25 heavy (non-hydrogen) atoms. The predicted molar refractivity (Wildman–Crippen MR) is 95.7 cm³/mol. The van der Waals surface area contributed by atoms with E-state index in [2.05, 4.69) is 21.4 Å². The second-order valence-corrected chi connectivity index (χ2v) is 7.20. The van der Waals surface area contributed by atoms with Crippen molar-refractivity contribution in [1.82, 2.24) is 15.4 Å². The Kier molecular flexibility index (Phi) is 5.05. The summed E-state index contributed by atoms with van der Waals surface area (Å²) >= 11 is 1.72. The fraction of sp³-hybridized carbons (Fsp3) is 0.444. The summed E-state index contributed by atoms with van der Waals surface area (Å²) in [7, 11) is 0. The smallest absolute Gasteiger partial charge is 0.273 e. The molecule has 2 aromatic rings. The van der Waals surface area contributed by atoms with Gasteiger partial charge in [-0.3, -0.25) is 9.69 Å². The van der Waals surface area contributed by atoms with Crippen molar-refractivity contribution in [2.24, 2.45) is 0 Å². The molecule has 1 aromatic carbocycles. The van der Waals surface area contributed by atoms with E-state index in [1.165, 1.54) is 4.90 Å². The molecule has 0 bridgehead atoms. The first-order valence-corrected chi connectivity index (χ1v) is 9.60. The number of ether oxygens (including phenoxy) is 1. The Labute approximate surface area is 150 Å². The van der Waals surface area contributed by atoms with E-state index in [9.17, 15) is 4.79 Å². The van der Waals surface area contributed by atoms with Crippen LogP contribution in [0.2, 0.25) is 0 Å². The number of amides is 1. The van der Waals surface area contributed by atoms with Gasteiger partial charge in [0.2, 0.25) is 0 Å². The van der Waals surface area contributed by atoms with Crippen LogP contribution in [0, 0.1) is 0 Å². The van der Waals surface area contributed by atoms with Crippen LogP contribution in [0.3, 0.4) is 0 Å². The van der Waals surface area contributed by atoms with Crippen molar-refractivity contribution in [2.45, 2.75) is 17.1 Å². The van der Waals surface area contributed by atoms with Gasteiger partial charge in [0.25, 0.3) is 5.91 Å². The van der Waals surface area contributed by atoms with Gasteiger partial charge in [0, 0.05) is 41.4 Å². The third-order valence-corrected chi connectivity index (χ3v) is 5.65. The van der Waals surface area contributed by atoms with Gasteiger partial charge >= 0.3 is 0 Å². The van der Waals surface area contributed by atoms with Crippen molar-refractivity contribution in [3.63, 3.8) is 0 Å². The molecule has 132 valence electrons. The molecule has 0 saturated carbocycles. The summed E-state index contributed by atoms with van der Waals surface area (Å²) in [5.74, 6) is 1.30. The molecule has 1 aromatic heterocycles. The number of benzene rings is 1. The third kappa shape index (κ3) is 3.58. The normalized spacial score (nSPS) is 17.0. The van der Waals surface area contributed by atoms with Crippen molar-refractivity contribution in [3.8, 4) is 11.3 Å². The largest absolute Gasteiger partial charge is 0.379 e. The van der Waals surface area contributed by atoms with Gasteiger partial charge in [-0.25, -0.2) is 0 Å². The number of nitrogens with one attached hydrogen (secondary N) is 1. The Morgan fingerprint density at radius 1 is 1.28 bits per heavy atom. The molecular weight excluding hydrogens is 338 g/mol. The summed E-state index contributed by atoms with van der Waals surface area (Å²) in [5.41, 5.74) is 2.34. The van der Waals surface area contributed by atoms with Crippen molar-refractivity contribution in [1.29, 1.82) is 0 Å². The molecule has 3 heterocycles. The van der Waals surface area contributed by atoms with Crippen LogP contribution in [-0.2, 0) is 10.5 Å². The first-order valence-electron chi connectivity index (χ1n) is 8.62. The molecule has 2 aliphatic rings. The minimum atomic E-state index is -0.146. The molecule has 7 heteroatoms. The molecule has 4 rings (SSSR count). The number of morpholine rings is 1. The molecule has 0 spiro atoms. The average Bonchev–Trinajstić information content (AvgIpc) is 3.10. The van der Waals surface area contributed by atoms with Gasteiger partial charge in [-0.15, -0.1) is 11.8 Å². The van der Waals surface area contributed by atoms with Crippen LogP contribution in [0.5, 0.6) is 0 Å². The molecule has 0 radical (unpaired) electrons. The van der Waals surface area contributed by atoms with Crippen LogP contribution in [-0.4, -0.2) is 55.4 Å². The van der Waals surface area contributed by atoms with Gasteiger partial charge in [-0.1, -0.05) is 17.3 Å². The van der Waals surface area contributed by atoms with Crippen LogP contribution in [0.4, 0.5) is 0 Å². The van der Waals surface area contributed by atoms with Crippen molar-refractivity contribution < 1.29 is 14.1 Å². The Hall–Kier alpha value is -1.83. The molecule has 0 aliphatic carbocycles. The predicted octanol–water partition coefficient (Wildman–Crippen LogP) is 2.40. The molecule has 1 saturated heterocycles. The number of thioether (sulfide) groups is 1. The number of carbonyl (C=O) groups is 1. The maximum absolute atomic E-state index is 12.5. The van der Waals surface area contributed by atoms with Crippen LogP contribution in [0.15, 0.2) is 33.7 Å². The second kappa shape index (κ2) is 7.59. The van der Waals surface area contributed by atoms with E-state index in [0.717, 1.165) is 56.2 Å². The lowest BCUT2D eigenvalue weighted by atomic mass is 10.1. The van der Waals surface area contributed by atoms with Crippen LogP contribution >= 0.6 is 11.8 Å². The van der Waals surface area contributed by atoms with E-state index in [1.54, 1.807) is 11.8 Å². The third-order valence-electron chi connectivity index (χ3n) is 4.55. The van der Waals surface area contributed by atoms with E-state index >= 15 is 0 Å². The number of carbonyl (C=O) groups excluding carboxylic acids is 1. The Balaban J connectivity index is 1.35. The minimum Gasteiger partial charge on any atom is -0.379 e. The average molecular weight is 359 g/mol. The van der Waals surface area contributed by atoms with E-state index in [1.807, 2.05) is 18.2 Å². The van der Waals surface area contributed by atoms with Gasteiger partial charge in [0.05, 0.1) is 13.2 Å². The summed E-state index contributed by atoms with van der Waals surface area (Å²) in [5, 5.41) is 7.01. The summed E-state index contributed by atoms with van der Waals surface area (Å²) in [6.45, 7) is 5.17. The van der Waals surface area contributed by atoms with Gasteiger partial charge in [0.1, 0.15) is 0 Å². The molecule has 0 unspecified atom stereocenters. The van der Waals surface area contributed by atoms with E-state index < -0.39 is 0 Å². The van der Waals surface area contributed by atoms with E-state index in [-0.39, 0.29) is 5.91 Å². The lowest BCUT2D eigenvalue weighted by Crippen LogP contribution is -2.38. The Morgan fingerprint density at radius 3 is 3.00 bits per heavy atom. The fourth-order valence-electron chi connectivity index (χ4n) is 3.18. The summed E-state index contributed by atoms with van der Waals surface area (Å²) < 4.78 is 10.8. The SMILES string of the molecule is O=C(NCCCN1CCOCC1)c1noc2c1CSc1ccccc1-2. The molecule has 1 amide bonds. The maximum atomic E-state index is 12.5. The van der Waals surface area contributed by atoms with E-state index in [4.69, 9.17) is 9.26 Å². The highest BCUT2D eigenvalue weighted by Gasteiger charge is 2.27. The first kappa shape index (κ1) is 16.6. The number of aromatic nitrogens is 1. The van der Waals surface area contributed by atoms with Crippen molar-refractivity contribution in [3.05, 3.63) is 35.5 Å². The van der Waals surface area contributed by atoms with Crippen LogP contribution < -0.4 is 5.32 Å². The Bertz CT molecular complexity index is 756. The molecular formula is C18H21N3O3S. The maximum Gasteiger partial charge on any atom is 0.273 e. The van der Waals surface area contributed by atoms with Gasteiger partial charge < -0.3 is 14.6 Å². The number of hydrogen-bond donors (Lipinski definition) is 1. The van der Waals surface area contributed by atoms with Gasteiger partial charge in [0.15, 0.2) is 11.5 Å². The number of rotatable bonds is 5. The number of nitrogens with zero attached hydrogens (tertiary/aromatic N) is 2. The van der Waals surface area contributed by atoms with Gasteiger partial charge in [-0.2, -0.15) is 0 Å². The summed E-state index contributed by atoms with van der Waals surface area (Å²) in [6.07, 6.45) is 0.920. The second-order valence-electron chi connectivity index (χ2n) is 6.19. The molecule has 2 aliphatic heterocycles. The zero-order chi connectivity index (χ0) is 17.1. The van der Waals surface area contributed by atoms with Crippen LogP contribution in [0.1, 0.15) is 22.5 Å². The highest BCUT2D eigenvalue weighted by atomic mass is 32.2. The van der Waals surface area contributed by atoms with Crippen LogP contribution in [0.25, 0.3) is 11.3 Å². The molecule has 0 atom stereocenters. The molecule has 1 fully saturated rings. The Morgan fingerprint density at radius 2 is 2.12 bits per heavy atom. The van der Waals surface area contributed by atoms with Crippen molar-refractivity contribution >= 4 is 17.7 Å². The zero-order valence-electron chi connectivity index (χ0n) is 14.0. The topological polar surface area (TPSA) is 67.6 Å². The molecule has 1 N–H and O–H groups in total. The standard InChI is InChI=1S/C18H21N3O3S/c22-18(19-6-3-7-21-8-10-23-11-9-21)16-14-12-25-15-5-2-1-4-13(15)17(14)24-20-16/h1-2,4-5H,3,6-12H2,(H,19,22). The number of hydrogen-bond acceptors (Lipinski definition) is 6. The fourth-order valence-corrected chi connectivity index (χ4v) is 4.23. The highest BCUT2D eigenvalue weighted by Crippen LogP contribution is 2.42. The summed E-state index contributed by atoms with van der Waals surface area (Å²) in [6, 6.07) is 8.06. The van der Waals surface area contributed by atoms with Crippen molar-refractivity contribution in [2.75, 3.05) is 39.4 Å². The lowest BCUT2D eigenvalue weighted by Gasteiger charge is -2.26. The minimum absolute atomic E-state index is 0.146. The number of fused-ring (bicyclic) bond motifs is 3. The zero-order valence-corrected chi connectivity index (χ0v) is 14.8. The quantitative estimate of drug-likeness (QED) is 0.827. The first-order chi connectivity index (χ1) is 12.3. The lowest BCUT2D eigenvalue weighted by molar-refractivity contribution is 0.0374. The highest BCUT2D eigenvalue weighted by molar-refractivity contribution is 7.98. The summed E-state index contributed by atoms with van der Waals surface area (Å²) in [4.78, 5) is 16.0. The van der Waals surface area contributed by atoms with Gasteiger partial charge in [-0.05, 0) is 25.1 Å². The molecule has 6 nitrogen and oxygen atoms in total.